The Hall–Kier alpha value is -2.92. The van der Waals surface area contributed by atoms with Gasteiger partial charge in [-0.15, -0.1) is 24.5 Å². The molecular weight excluding hydrogens is 330 g/mol. The lowest BCUT2D eigenvalue weighted by molar-refractivity contribution is 0.0786. The van der Waals surface area contributed by atoms with Crippen LogP contribution in [0.3, 0.4) is 0 Å². The van der Waals surface area contributed by atoms with Crippen molar-refractivity contribution in [2.24, 2.45) is 0 Å². The Kier molecular flexibility index (Phi) is 5.26. The van der Waals surface area contributed by atoms with Gasteiger partial charge in [-0.05, 0) is 11.5 Å². The summed E-state index contributed by atoms with van der Waals surface area (Å²) in [6.07, 6.45) is 3.39. The Morgan fingerprint density at radius 1 is 1.12 bits per heavy atom. The second-order valence-electron chi connectivity index (χ2n) is 5.48. The van der Waals surface area contributed by atoms with E-state index in [1.807, 2.05) is 24.3 Å². The third-order valence-electron chi connectivity index (χ3n) is 3.74. The van der Waals surface area contributed by atoms with Crippen molar-refractivity contribution in [1.29, 1.82) is 0 Å². The van der Waals surface area contributed by atoms with Crippen LogP contribution in [0.4, 0.5) is 10.8 Å². The molecule has 0 bridgehead atoms. The van der Waals surface area contributed by atoms with Crippen molar-refractivity contribution in [3.05, 3.63) is 78.8 Å². The van der Waals surface area contributed by atoms with Crippen LogP contribution >= 0.6 is 11.3 Å². The van der Waals surface area contributed by atoms with Crippen LogP contribution in [0.2, 0.25) is 0 Å². The van der Waals surface area contributed by atoms with E-state index in [-0.39, 0.29) is 5.91 Å². The van der Waals surface area contributed by atoms with Gasteiger partial charge in [0.25, 0.3) is 5.91 Å². The van der Waals surface area contributed by atoms with Gasteiger partial charge < -0.3 is 10.2 Å². The van der Waals surface area contributed by atoms with Gasteiger partial charge in [0.15, 0.2) is 5.13 Å². The van der Waals surface area contributed by atoms with Crippen LogP contribution in [0.5, 0.6) is 0 Å². The first-order valence-corrected chi connectivity index (χ1v) is 8.82. The van der Waals surface area contributed by atoms with E-state index < -0.39 is 0 Å². The van der Waals surface area contributed by atoms with Gasteiger partial charge in [0, 0.05) is 29.5 Å². The van der Waals surface area contributed by atoms with E-state index in [4.69, 9.17) is 0 Å². The molecule has 5 heteroatoms. The van der Waals surface area contributed by atoms with Gasteiger partial charge in [-0.25, -0.2) is 4.98 Å². The van der Waals surface area contributed by atoms with Gasteiger partial charge in [-0.3, -0.25) is 4.79 Å². The molecule has 0 spiro atoms. The molecule has 0 aliphatic rings. The maximum atomic E-state index is 12.5. The van der Waals surface area contributed by atoms with Crippen molar-refractivity contribution >= 4 is 38.8 Å². The summed E-state index contributed by atoms with van der Waals surface area (Å²) in [6, 6.07) is 14.2. The molecule has 0 atom stereocenters. The minimum absolute atomic E-state index is 0.123. The van der Waals surface area contributed by atoms with E-state index in [0.717, 1.165) is 16.5 Å². The first kappa shape index (κ1) is 16.9. The Bertz CT molecular complexity index is 901. The highest BCUT2D eigenvalue weighted by atomic mass is 32.1. The first-order chi connectivity index (χ1) is 12.2. The number of carbonyl (C=O) groups excluding carboxylic acids is 1. The molecule has 1 heterocycles. The normalized spacial score (nSPS) is 10.4. The van der Waals surface area contributed by atoms with Crippen molar-refractivity contribution in [3.63, 3.8) is 0 Å². The van der Waals surface area contributed by atoms with Gasteiger partial charge in [-0.1, -0.05) is 48.6 Å². The summed E-state index contributed by atoms with van der Waals surface area (Å²) in [6.45, 7) is 8.31. The summed E-state index contributed by atoms with van der Waals surface area (Å²) in [5.74, 6) is -0.123. The number of nitrogens with one attached hydrogen (secondary N) is 1. The molecular formula is C20H19N3OS. The fourth-order valence-corrected chi connectivity index (χ4v) is 3.29. The first-order valence-electron chi connectivity index (χ1n) is 7.94. The second-order valence-corrected chi connectivity index (χ2v) is 6.34. The molecule has 126 valence electrons. The number of fused-ring (bicyclic) bond motifs is 1. The third kappa shape index (κ3) is 3.78. The number of thiazole rings is 1. The molecule has 0 fully saturated rings. The highest BCUT2D eigenvalue weighted by Gasteiger charge is 2.17. The van der Waals surface area contributed by atoms with E-state index in [2.05, 4.69) is 41.7 Å². The number of anilines is 2. The fourth-order valence-electron chi connectivity index (χ4n) is 2.59. The average Bonchev–Trinajstić information content (AvgIpc) is 3.10. The number of benzene rings is 2. The van der Waals surface area contributed by atoms with Gasteiger partial charge in [0.2, 0.25) is 0 Å². The number of amides is 1. The van der Waals surface area contributed by atoms with E-state index >= 15 is 0 Å². The van der Waals surface area contributed by atoms with Crippen molar-refractivity contribution in [1.82, 2.24) is 9.88 Å². The molecule has 1 aromatic heterocycles. The van der Waals surface area contributed by atoms with E-state index in [1.165, 1.54) is 11.3 Å². The largest absolute Gasteiger partial charge is 0.331 e. The Balaban J connectivity index is 1.82. The van der Waals surface area contributed by atoms with Gasteiger partial charge >= 0.3 is 0 Å². The van der Waals surface area contributed by atoms with Crippen molar-refractivity contribution in [2.45, 2.75) is 0 Å². The maximum Gasteiger partial charge on any atom is 0.273 e. The molecule has 1 N–H and O–H groups in total. The van der Waals surface area contributed by atoms with Crippen molar-refractivity contribution in [2.75, 3.05) is 18.4 Å². The average molecular weight is 349 g/mol. The molecule has 0 aliphatic heterocycles. The SMILES string of the molecule is C=CCN(CC=C)C(=O)c1csc(Nc2cccc3ccccc23)n1. The molecule has 0 saturated carbocycles. The second kappa shape index (κ2) is 7.77. The van der Waals surface area contributed by atoms with Crippen molar-refractivity contribution in [3.8, 4) is 0 Å². The summed E-state index contributed by atoms with van der Waals surface area (Å²) in [5.41, 5.74) is 1.40. The van der Waals surface area contributed by atoms with Crippen LogP contribution in [0.1, 0.15) is 10.5 Å². The maximum absolute atomic E-state index is 12.5. The van der Waals surface area contributed by atoms with Crippen LogP contribution in [-0.2, 0) is 0 Å². The molecule has 0 radical (unpaired) electrons. The van der Waals surface area contributed by atoms with Crippen LogP contribution in [0.25, 0.3) is 10.8 Å². The zero-order valence-corrected chi connectivity index (χ0v) is 14.6. The predicted molar refractivity (Wildman–Crippen MR) is 106 cm³/mol. The van der Waals surface area contributed by atoms with Crippen LogP contribution in [0, 0.1) is 0 Å². The van der Waals surface area contributed by atoms with Crippen LogP contribution < -0.4 is 5.32 Å². The smallest absolute Gasteiger partial charge is 0.273 e. The number of carbonyl (C=O) groups is 1. The molecule has 3 rings (SSSR count). The number of hydrogen-bond acceptors (Lipinski definition) is 4. The molecule has 2 aromatic carbocycles. The Morgan fingerprint density at radius 3 is 2.60 bits per heavy atom. The highest BCUT2D eigenvalue weighted by Crippen LogP contribution is 2.28. The molecule has 3 aromatic rings. The lowest BCUT2D eigenvalue weighted by Gasteiger charge is -2.17. The summed E-state index contributed by atoms with van der Waals surface area (Å²) in [7, 11) is 0. The predicted octanol–water partition coefficient (Wildman–Crippen LogP) is 4.85. The molecule has 4 nitrogen and oxygen atoms in total. The van der Waals surface area contributed by atoms with Gasteiger partial charge in [0.1, 0.15) is 5.69 Å². The van der Waals surface area contributed by atoms with Gasteiger partial charge in [-0.2, -0.15) is 0 Å². The standard InChI is InChI=1S/C20H19N3OS/c1-3-12-23(13-4-2)19(24)18-14-25-20(22-18)21-17-11-7-9-15-8-5-6-10-16(15)17/h3-11,14H,1-2,12-13H2,(H,21,22). The third-order valence-corrected chi connectivity index (χ3v) is 4.50. The molecule has 0 saturated heterocycles. The van der Waals surface area contributed by atoms with Crippen LogP contribution in [0.15, 0.2) is 73.2 Å². The summed E-state index contributed by atoms with van der Waals surface area (Å²) in [4.78, 5) is 18.6. The lowest BCUT2D eigenvalue weighted by Crippen LogP contribution is -2.31. The Morgan fingerprint density at radius 2 is 1.84 bits per heavy atom. The number of rotatable bonds is 7. The fraction of sp³-hybridized carbons (Fsp3) is 0.100. The molecule has 1 amide bonds. The Labute approximate surface area is 151 Å². The summed E-state index contributed by atoms with van der Waals surface area (Å²) in [5, 5.41) is 8.06. The quantitative estimate of drug-likeness (QED) is 0.620. The minimum atomic E-state index is -0.123. The zero-order chi connectivity index (χ0) is 17.6. The summed E-state index contributed by atoms with van der Waals surface area (Å²) >= 11 is 1.41. The number of nitrogens with zero attached hydrogens (tertiary/aromatic N) is 2. The molecule has 25 heavy (non-hydrogen) atoms. The minimum Gasteiger partial charge on any atom is -0.331 e. The summed E-state index contributed by atoms with van der Waals surface area (Å²) < 4.78 is 0. The zero-order valence-electron chi connectivity index (χ0n) is 13.8. The molecule has 0 unspecified atom stereocenters. The number of aromatic nitrogens is 1. The van der Waals surface area contributed by atoms with E-state index in [0.29, 0.717) is 23.9 Å². The van der Waals surface area contributed by atoms with Crippen molar-refractivity contribution < 1.29 is 4.79 Å². The topological polar surface area (TPSA) is 45.2 Å². The monoisotopic (exact) mass is 349 g/mol. The van der Waals surface area contributed by atoms with E-state index in [1.54, 1.807) is 22.4 Å². The van der Waals surface area contributed by atoms with Crippen LogP contribution in [-0.4, -0.2) is 28.9 Å². The van der Waals surface area contributed by atoms with E-state index in [9.17, 15) is 4.79 Å². The lowest BCUT2D eigenvalue weighted by atomic mass is 10.1. The van der Waals surface area contributed by atoms with Gasteiger partial charge in [0.05, 0.1) is 0 Å². The highest BCUT2D eigenvalue weighted by molar-refractivity contribution is 7.14. The molecule has 0 aliphatic carbocycles. The number of hydrogen-bond donors (Lipinski definition) is 1.